The molecule has 0 N–H and O–H groups in total. The highest BCUT2D eigenvalue weighted by Crippen LogP contribution is 2.48. The van der Waals surface area contributed by atoms with Crippen LogP contribution in [0.15, 0.2) is 461 Å². The van der Waals surface area contributed by atoms with Crippen molar-refractivity contribution >= 4 is 77.7 Å². The Morgan fingerprint density at radius 2 is 0.429 bits per heavy atom. The van der Waals surface area contributed by atoms with Crippen LogP contribution in [0.3, 0.4) is 0 Å². The summed E-state index contributed by atoms with van der Waals surface area (Å²) in [4.78, 5) is 4.77. The van der Waals surface area contributed by atoms with Crippen molar-refractivity contribution in [3.05, 3.63) is 461 Å². The van der Waals surface area contributed by atoms with E-state index in [0.717, 1.165) is 51.1 Å². The number of fused-ring (bicyclic) bond motifs is 6. The first-order valence-electron chi connectivity index (χ1n) is 38.4. The van der Waals surface area contributed by atoms with Crippen molar-refractivity contribution in [2.75, 3.05) is 9.80 Å². The second kappa shape index (κ2) is 30.4. The van der Waals surface area contributed by atoms with Crippen LogP contribution in [0, 0.1) is 0 Å². The summed E-state index contributed by atoms with van der Waals surface area (Å²) in [6.07, 6.45) is 0. The lowest BCUT2D eigenvalue weighted by atomic mass is 9.92. The van der Waals surface area contributed by atoms with Crippen LogP contribution in [-0.4, -0.2) is 9.13 Å². The van der Waals surface area contributed by atoms with Crippen LogP contribution in [-0.2, 0) is 0 Å². The summed E-state index contributed by atoms with van der Waals surface area (Å²) in [6, 6.07) is 166. The van der Waals surface area contributed by atoms with E-state index in [1.165, 1.54) is 127 Å². The number of anilines is 6. The molecule has 0 saturated carbocycles. The summed E-state index contributed by atoms with van der Waals surface area (Å²) in [6.45, 7) is 0. The Morgan fingerprint density at radius 1 is 0.152 bits per heavy atom. The molecule has 2 heterocycles. The van der Waals surface area contributed by atoms with Crippen molar-refractivity contribution in [3.8, 4) is 100 Å². The second-order valence-corrected chi connectivity index (χ2v) is 28.3. The van der Waals surface area contributed by atoms with E-state index in [-0.39, 0.29) is 0 Å². The minimum absolute atomic E-state index is 1.09. The molecular formula is C108H76N4. The van der Waals surface area contributed by atoms with Crippen LogP contribution in [0.2, 0.25) is 0 Å². The number of rotatable bonds is 16. The van der Waals surface area contributed by atoms with Gasteiger partial charge in [-0.15, -0.1) is 0 Å². The van der Waals surface area contributed by atoms with Crippen LogP contribution in [0.25, 0.3) is 144 Å². The fourth-order valence-electron chi connectivity index (χ4n) is 16.3. The average molecular weight is 1430 g/mol. The fraction of sp³-hybridized carbons (Fsp3) is 0. The molecule has 0 atom stereocenters. The van der Waals surface area contributed by atoms with Gasteiger partial charge in [-0.05, 0) is 199 Å². The Balaban J connectivity index is 0.000000151. The van der Waals surface area contributed by atoms with Crippen molar-refractivity contribution in [3.63, 3.8) is 0 Å². The van der Waals surface area contributed by atoms with E-state index in [0.29, 0.717) is 0 Å². The number of nitrogens with zero attached hydrogens (tertiary/aromatic N) is 4. The molecular weight excluding hydrogens is 1350 g/mol. The lowest BCUT2D eigenvalue weighted by molar-refractivity contribution is 1.18. The normalized spacial score (nSPS) is 11.2. The number of benzene rings is 18. The number of hydrogen-bond donors (Lipinski definition) is 0. The van der Waals surface area contributed by atoms with Crippen molar-refractivity contribution in [1.82, 2.24) is 9.13 Å². The van der Waals surface area contributed by atoms with E-state index in [2.05, 4.69) is 480 Å². The highest BCUT2D eigenvalue weighted by molar-refractivity contribution is 6.11. The van der Waals surface area contributed by atoms with E-state index < -0.39 is 0 Å². The Morgan fingerprint density at radius 3 is 0.812 bits per heavy atom. The first-order chi connectivity index (χ1) is 55.6. The summed E-state index contributed by atoms with van der Waals surface area (Å²) >= 11 is 0. The van der Waals surface area contributed by atoms with Gasteiger partial charge in [-0.1, -0.05) is 346 Å². The zero-order valence-corrected chi connectivity index (χ0v) is 61.7. The smallest absolute Gasteiger partial charge is 0.0546 e. The van der Waals surface area contributed by atoms with Crippen LogP contribution in [0.1, 0.15) is 0 Å². The second-order valence-electron chi connectivity index (χ2n) is 28.3. The molecule has 0 bridgehead atoms. The molecule has 20 aromatic rings. The zero-order valence-electron chi connectivity index (χ0n) is 61.7. The number of aromatic nitrogens is 2. The molecule has 4 heteroatoms. The third-order valence-electron chi connectivity index (χ3n) is 21.6. The molecule has 2 aromatic heterocycles. The fourth-order valence-corrected chi connectivity index (χ4v) is 16.3. The summed E-state index contributed by atoms with van der Waals surface area (Å²) in [5.41, 5.74) is 32.7. The lowest BCUT2D eigenvalue weighted by Crippen LogP contribution is -2.11. The quantitative estimate of drug-likeness (QED) is 0.0959. The van der Waals surface area contributed by atoms with Gasteiger partial charge >= 0.3 is 0 Å². The molecule has 528 valence electrons. The van der Waals surface area contributed by atoms with E-state index in [9.17, 15) is 0 Å². The van der Waals surface area contributed by atoms with Gasteiger partial charge in [0.05, 0.1) is 27.8 Å². The van der Waals surface area contributed by atoms with Gasteiger partial charge in [0.15, 0.2) is 0 Å². The number of para-hydroxylation sites is 4. The van der Waals surface area contributed by atoms with Gasteiger partial charge in [-0.2, -0.15) is 0 Å². The standard InChI is InChI=1S/2C54H38N2/c1-4-16-39(17-5-1)40-30-34-45(35-31-40)55(53-29-15-26-48(42-18-6-2-7-19-42)54(53)43-20-8-3-9-21-43)46-36-32-41(33-37-46)44-22-14-23-47(38-44)56-51-27-12-10-24-49(51)50-25-11-13-28-52(50)56;1-4-15-39(16-5-1)40-27-31-45(32-28-40)55(48-35-36-49(42-17-6-2-7-18-42)52(38-48)43-19-8-3-9-20-43)46-33-29-41(30-34-46)44-21-14-22-47(37-44)56-53-25-12-10-23-50(53)51-24-11-13-26-54(51)56/h2*1-38H. The highest BCUT2D eigenvalue weighted by Gasteiger charge is 2.23. The Labute approximate surface area is 653 Å². The average Bonchev–Trinajstić information content (AvgIpc) is 1.61. The largest absolute Gasteiger partial charge is 0.310 e. The van der Waals surface area contributed by atoms with Gasteiger partial charge in [0, 0.05) is 66.9 Å². The summed E-state index contributed by atoms with van der Waals surface area (Å²) in [5.74, 6) is 0. The maximum absolute atomic E-state index is 2.40. The molecule has 0 spiro atoms. The van der Waals surface area contributed by atoms with Crippen LogP contribution in [0.4, 0.5) is 34.1 Å². The molecule has 0 saturated heterocycles. The van der Waals surface area contributed by atoms with Gasteiger partial charge in [-0.3, -0.25) is 0 Å². The van der Waals surface area contributed by atoms with Crippen molar-refractivity contribution in [2.45, 2.75) is 0 Å². The zero-order chi connectivity index (χ0) is 74.5. The third kappa shape index (κ3) is 13.3. The maximum atomic E-state index is 2.40. The van der Waals surface area contributed by atoms with Gasteiger partial charge in [-0.25, -0.2) is 0 Å². The summed E-state index contributed by atoms with van der Waals surface area (Å²) in [5, 5.41) is 5.06. The molecule has 0 aliphatic heterocycles. The molecule has 0 unspecified atom stereocenters. The molecule has 0 aliphatic carbocycles. The SMILES string of the molecule is c1ccc(-c2ccc(N(c3ccc(-c4cccc(-n5c6ccccc6c6ccccc65)c4)cc3)c3ccc(-c4ccccc4)c(-c4ccccc4)c3)cc2)cc1.c1ccc(-c2ccc(N(c3ccc(-c4cccc(-n5c6ccccc6c6ccccc65)c4)cc3)c3cccc(-c4ccccc4)c3-c3ccccc3)cc2)cc1. The first-order valence-corrected chi connectivity index (χ1v) is 38.4. The van der Waals surface area contributed by atoms with Crippen LogP contribution in [0.5, 0.6) is 0 Å². The molecule has 20 rings (SSSR count). The predicted octanol–water partition coefficient (Wildman–Crippen LogP) is 29.8. The van der Waals surface area contributed by atoms with E-state index in [1.807, 2.05) is 0 Å². The molecule has 4 nitrogen and oxygen atoms in total. The van der Waals surface area contributed by atoms with Crippen LogP contribution < -0.4 is 9.80 Å². The first kappa shape index (κ1) is 67.7. The molecule has 112 heavy (non-hydrogen) atoms. The van der Waals surface area contributed by atoms with Crippen molar-refractivity contribution < 1.29 is 0 Å². The minimum Gasteiger partial charge on any atom is -0.310 e. The topological polar surface area (TPSA) is 16.3 Å². The lowest BCUT2D eigenvalue weighted by Gasteiger charge is -2.29. The molecule has 0 radical (unpaired) electrons. The third-order valence-corrected chi connectivity index (χ3v) is 21.6. The molecule has 0 amide bonds. The van der Waals surface area contributed by atoms with Gasteiger partial charge < -0.3 is 18.9 Å². The summed E-state index contributed by atoms with van der Waals surface area (Å²) in [7, 11) is 0. The molecule has 0 fully saturated rings. The van der Waals surface area contributed by atoms with E-state index >= 15 is 0 Å². The molecule has 18 aromatic carbocycles. The monoisotopic (exact) mass is 1430 g/mol. The predicted molar refractivity (Wildman–Crippen MR) is 474 cm³/mol. The highest BCUT2D eigenvalue weighted by atomic mass is 15.1. The number of hydrogen-bond acceptors (Lipinski definition) is 2. The Hall–Kier alpha value is -14.8. The van der Waals surface area contributed by atoms with Crippen molar-refractivity contribution in [1.29, 1.82) is 0 Å². The summed E-state index contributed by atoms with van der Waals surface area (Å²) < 4.78 is 4.76. The molecule has 0 aliphatic rings. The van der Waals surface area contributed by atoms with Gasteiger partial charge in [0.25, 0.3) is 0 Å². The van der Waals surface area contributed by atoms with Crippen LogP contribution >= 0.6 is 0 Å². The van der Waals surface area contributed by atoms with Gasteiger partial charge in [0.1, 0.15) is 0 Å². The van der Waals surface area contributed by atoms with E-state index in [4.69, 9.17) is 0 Å². The Bertz CT molecular complexity index is 6530. The van der Waals surface area contributed by atoms with Gasteiger partial charge in [0.2, 0.25) is 0 Å². The minimum atomic E-state index is 1.09. The van der Waals surface area contributed by atoms with E-state index in [1.54, 1.807) is 0 Å². The van der Waals surface area contributed by atoms with Crippen molar-refractivity contribution in [2.24, 2.45) is 0 Å². The Kier molecular flexibility index (Phi) is 18.4. The maximum Gasteiger partial charge on any atom is 0.0546 e.